The number of nitrogens with one attached hydrogen (secondary N) is 1. The highest BCUT2D eigenvalue weighted by Crippen LogP contribution is 2.44. The summed E-state index contributed by atoms with van der Waals surface area (Å²) in [5.41, 5.74) is 1.26. The van der Waals surface area contributed by atoms with Crippen LogP contribution in [0.3, 0.4) is 0 Å². The van der Waals surface area contributed by atoms with E-state index in [1.165, 1.54) is 38.1 Å². The molecule has 0 spiro atoms. The van der Waals surface area contributed by atoms with Crippen molar-refractivity contribution in [3.63, 3.8) is 0 Å². The molecular weight excluding hydrogens is 499 g/mol. The fourth-order valence-corrected chi connectivity index (χ4v) is 5.23. The van der Waals surface area contributed by atoms with Crippen molar-refractivity contribution in [3.05, 3.63) is 41.4 Å². The van der Waals surface area contributed by atoms with Crippen molar-refractivity contribution in [1.29, 1.82) is 0 Å². The van der Waals surface area contributed by atoms with E-state index >= 15 is 0 Å². The van der Waals surface area contributed by atoms with E-state index in [9.17, 15) is 8.60 Å². The zero-order chi connectivity index (χ0) is 24.7. The third-order valence-corrected chi connectivity index (χ3v) is 6.72. The van der Waals surface area contributed by atoms with Crippen LogP contribution < -0.4 is 14.8 Å². The lowest BCUT2D eigenvalue weighted by Gasteiger charge is -2.21. The third kappa shape index (κ3) is 4.86. The minimum Gasteiger partial charge on any atom is -0.493 e. The van der Waals surface area contributed by atoms with Crippen molar-refractivity contribution in [2.45, 2.75) is 24.7 Å². The average molecular weight is 523 g/mol. The van der Waals surface area contributed by atoms with Crippen LogP contribution in [0.5, 0.6) is 11.5 Å². The van der Waals surface area contributed by atoms with Crippen molar-refractivity contribution in [3.8, 4) is 11.5 Å². The predicted molar refractivity (Wildman–Crippen MR) is 131 cm³/mol. The van der Waals surface area contributed by atoms with E-state index in [2.05, 4.69) is 19.6 Å². The molecule has 9 nitrogen and oxygen atoms in total. The van der Waals surface area contributed by atoms with E-state index in [4.69, 9.17) is 30.5 Å². The lowest BCUT2D eigenvalue weighted by Crippen LogP contribution is -2.32. The minimum absolute atomic E-state index is 0.0115. The van der Waals surface area contributed by atoms with Gasteiger partial charge in [-0.15, -0.1) is 0 Å². The Morgan fingerprint density at radius 3 is 2.86 bits per heavy atom. The van der Waals surface area contributed by atoms with E-state index in [1.54, 1.807) is 12.1 Å². The SMILES string of the molecule is COc1c(N=S(C)(C)=O)cc2ncnc(Nc3ccc(F)cc3OC3CO[C@@H]4CCO[C@H]34)c2c1Cl. The molecule has 0 aliphatic carbocycles. The summed E-state index contributed by atoms with van der Waals surface area (Å²) in [5, 5.41) is 3.85. The Morgan fingerprint density at radius 2 is 2.09 bits per heavy atom. The fourth-order valence-electron chi connectivity index (χ4n) is 4.26. The van der Waals surface area contributed by atoms with Crippen LogP contribution in [0, 0.1) is 5.82 Å². The van der Waals surface area contributed by atoms with E-state index in [-0.39, 0.29) is 34.8 Å². The van der Waals surface area contributed by atoms with Gasteiger partial charge in [-0.1, -0.05) is 11.6 Å². The van der Waals surface area contributed by atoms with Gasteiger partial charge in [0.1, 0.15) is 35.5 Å². The van der Waals surface area contributed by atoms with Gasteiger partial charge in [-0.25, -0.2) is 18.6 Å². The zero-order valence-corrected chi connectivity index (χ0v) is 20.9. The second kappa shape index (κ2) is 9.38. The topological polar surface area (TPSA) is 104 Å². The predicted octanol–water partition coefficient (Wildman–Crippen LogP) is 4.47. The molecule has 2 fully saturated rings. The molecular formula is C23H24ClFN4O5S. The zero-order valence-electron chi connectivity index (χ0n) is 19.3. The molecule has 1 aromatic heterocycles. The van der Waals surface area contributed by atoms with Crippen LogP contribution in [0.15, 0.2) is 35.0 Å². The van der Waals surface area contributed by atoms with Gasteiger partial charge in [0, 0.05) is 34.9 Å². The van der Waals surface area contributed by atoms with Crippen LogP contribution in [-0.4, -0.2) is 65.3 Å². The van der Waals surface area contributed by atoms with Crippen molar-refractivity contribution < 1.29 is 27.5 Å². The van der Waals surface area contributed by atoms with Crippen LogP contribution in [-0.2, 0) is 19.2 Å². The summed E-state index contributed by atoms with van der Waals surface area (Å²) in [5.74, 6) is 0.437. The van der Waals surface area contributed by atoms with Crippen LogP contribution in [0.1, 0.15) is 6.42 Å². The largest absolute Gasteiger partial charge is 0.493 e. The van der Waals surface area contributed by atoms with Gasteiger partial charge in [0.05, 0.1) is 41.4 Å². The molecule has 2 aromatic carbocycles. The normalized spacial score (nSPS) is 21.7. The Balaban J connectivity index is 1.54. The molecule has 0 radical (unpaired) electrons. The Labute approximate surface area is 207 Å². The molecule has 2 aliphatic heterocycles. The molecule has 0 bridgehead atoms. The fraction of sp³-hybridized carbons (Fsp3) is 0.391. The van der Waals surface area contributed by atoms with Gasteiger partial charge in [0.15, 0.2) is 11.9 Å². The van der Waals surface area contributed by atoms with E-state index in [1.807, 2.05) is 0 Å². The number of hydrogen-bond donors (Lipinski definition) is 1. The van der Waals surface area contributed by atoms with Crippen LogP contribution in [0.2, 0.25) is 5.02 Å². The molecule has 0 saturated carbocycles. The van der Waals surface area contributed by atoms with Gasteiger partial charge in [0.25, 0.3) is 0 Å². The van der Waals surface area contributed by atoms with Gasteiger partial charge < -0.3 is 24.3 Å². The quantitative estimate of drug-likeness (QED) is 0.505. The number of anilines is 2. The summed E-state index contributed by atoms with van der Waals surface area (Å²) in [6.45, 7) is 0.963. The van der Waals surface area contributed by atoms with Crippen molar-refractivity contribution in [2.75, 3.05) is 38.2 Å². The lowest BCUT2D eigenvalue weighted by molar-refractivity contribution is 0.0310. The van der Waals surface area contributed by atoms with Gasteiger partial charge in [-0.2, -0.15) is 4.36 Å². The molecule has 1 unspecified atom stereocenters. The maximum atomic E-state index is 14.2. The summed E-state index contributed by atoms with van der Waals surface area (Å²) in [6.07, 6.45) is 4.63. The first-order valence-corrected chi connectivity index (χ1v) is 13.6. The third-order valence-electron chi connectivity index (χ3n) is 5.72. The molecule has 2 aliphatic rings. The Bertz CT molecular complexity index is 1410. The number of methoxy groups -OCH3 is 1. The lowest BCUT2D eigenvalue weighted by atomic mass is 10.1. The van der Waals surface area contributed by atoms with Gasteiger partial charge in [-0.05, 0) is 24.6 Å². The van der Waals surface area contributed by atoms with Crippen LogP contribution >= 0.6 is 11.6 Å². The van der Waals surface area contributed by atoms with E-state index in [0.29, 0.717) is 41.3 Å². The van der Waals surface area contributed by atoms with Gasteiger partial charge in [-0.3, -0.25) is 0 Å². The molecule has 5 rings (SSSR count). The highest BCUT2D eigenvalue weighted by Gasteiger charge is 2.43. The smallest absolute Gasteiger partial charge is 0.164 e. The Kier molecular flexibility index (Phi) is 6.43. The van der Waals surface area contributed by atoms with Crippen molar-refractivity contribution in [1.82, 2.24) is 9.97 Å². The molecule has 2 saturated heterocycles. The first-order chi connectivity index (χ1) is 16.7. The molecule has 0 amide bonds. The molecule has 3 aromatic rings. The molecule has 186 valence electrons. The number of hydrogen-bond acceptors (Lipinski definition) is 9. The number of fused-ring (bicyclic) bond motifs is 2. The minimum atomic E-state index is -2.48. The van der Waals surface area contributed by atoms with Gasteiger partial charge in [0.2, 0.25) is 0 Å². The Morgan fingerprint density at radius 1 is 1.26 bits per heavy atom. The molecule has 3 atom stereocenters. The second-order valence-electron chi connectivity index (χ2n) is 8.55. The number of halogens is 2. The average Bonchev–Trinajstić information content (AvgIpc) is 3.40. The summed E-state index contributed by atoms with van der Waals surface area (Å²) in [4.78, 5) is 8.64. The molecule has 12 heteroatoms. The van der Waals surface area contributed by atoms with E-state index in [0.717, 1.165) is 6.42 Å². The first kappa shape index (κ1) is 24.0. The van der Waals surface area contributed by atoms with Crippen LogP contribution in [0.25, 0.3) is 10.9 Å². The highest BCUT2D eigenvalue weighted by molar-refractivity contribution is 7.92. The molecule has 35 heavy (non-hydrogen) atoms. The maximum absolute atomic E-state index is 14.2. The number of nitrogens with zero attached hydrogens (tertiary/aromatic N) is 3. The highest BCUT2D eigenvalue weighted by atomic mass is 35.5. The Hall–Kier alpha value is -2.73. The van der Waals surface area contributed by atoms with Gasteiger partial charge >= 0.3 is 0 Å². The maximum Gasteiger partial charge on any atom is 0.164 e. The van der Waals surface area contributed by atoms with E-state index < -0.39 is 15.5 Å². The number of ether oxygens (including phenoxy) is 4. The second-order valence-corrected chi connectivity index (χ2v) is 11.5. The summed E-state index contributed by atoms with van der Waals surface area (Å²) < 4.78 is 53.8. The van der Waals surface area contributed by atoms with Crippen molar-refractivity contribution >= 4 is 49.4 Å². The number of aromatic nitrogens is 2. The molecule has 1 N–H and O–H groups in total. The molecule has 3 heterocycles. The first-order valence-electron chi connectivity index (χ1n) is 10.9. The summed E-state index contributed by atoms with van der Waals surface area (Å²) in [7, 11) is -1.03. The van der Waals surface area contributed by atoms with Crippen LogP contribution in [0.4, 0.5) is 21.6 Å². The number of rotatable bonds is 6. The monoisotopic (exact) mass is 522 g/mol. The standard InChI is InChI=1S/C23H24ClFN4O5S/c1-31-21-15(29-35(2,3)30)9-14-19(20(21)24)23(27-11-26-14)28-13-5-4-12(25)8-17(13)34-18-10-33-16-6-7-32-22(16)18/h4-5,8-9,11,16,18,22H,6-7,10H2,1-3H3,(H,26,27,28)/t16-,18?,22+/m1/s1. The van der Waals surface area contributed by atoms with Crippen molar-refractivity contribution in [2.24, 2.45) is 4.36 Å². The number of benzene rings is 2. The summed E-state index contributed by atoms with van der Waals surface area (Å²) in [6, 6.07) is 5.80. The summed E-state index contributed by atoms with van der Waals surface area (Å²) >= 11 is 6.69.